The van der Waals surface area contributed by atoms with E-state index in [0.29, 0.717) is 11.3 Å². The van der Waals surface area contributed by atoms with Gasteiger partial charge in [-0.05, 0) is 28.5 Å². The van der Waals surface area contributed by atoms with Crippen molar-refractivity contribution in [3.05, 3.63) is 77.9 Å². The first-order valence-electron chi connectivity index (χ1n) is 7.63. The molecule has 0 unspecified atom stereocenters. The van der Waals surface area contributed by atoms with Gasteiger partial charge in [0.15, 0.2) is 0 Å². The number of hydrogen-bond acceptors (Lipinski definition) is 3. The number of methoxy groups -OCH3 is 1. The lowest BCUT2D eigenvalue weighted by atomic mass is 10.0. The summed E-state index contributed by atoms with van der Waals surface area (Å²) in [5.74, 6) is -0.550. The summed E-state index contributed by atoms with van der Waals surface area (Å²) in [5.41, 5.74) is 1.93. The van der Waals surface area contributed by atoms with Crippen LogP contribution >= 0.6 is 0 Å². The molecule has 0 aliphatic heterocycles. The summed E-state index contributed by atoms with van der Waals surface area (Å²) >= 11 is 0. The molecule has 0 radical (unpaired) electrons. The van der Waals surface area contributed by atoms with E-state index in [1.165, 1.54) is 7.11 Å². The minimum atomic E-state index is -0.346. The number of anilines is 1. The number of carbonyl (C=O) groups excluding carboxylic acids is 2. The first-order valence-corrected chi connectivity index (χ1v) is 7.63. The van der Waals surface area contributed by atoms with Crippen LogP contribution in [0.2, 0.25) is 0 Å². The molecule has 0 aromatic heterocycles. The van der Waals surface area contributed by atoms with E-state index < -0.39 is 0 Å². The van der Waals surface area contributed by atoms with E-state index in [1.807, 2.05) is 48.5 Å². The lowest BCUT2D eigenvalue weighted by molar-refractivity contribution is -0.139. The van der Waals surface area contributed by atoms with Crippen LogP contribution in [0, 0.1) is 0 Å². The van der Waals surface area contributed by atoms with Gasteiger partial charge in [0.25, 0.3) is 5.91 Å². The molecule has 3 rings (SSSR count). The van der Waals surface area contributed by atoms with Crippen molar-refractivity contribution in [1.82, 2.24) is 0 Å². The van der Waals surface area contributed by atoms with Gasteiger partial charge in [0.05, 0.1) is 13.5 Å². The molecule has 3 aromatic carbocycles. The van der Waals surface area contributed by atoms with Gasteiger partial charge in [-0.2, -0.15) is 0 Å². The Morgan fingerprint density at radius 1 is 0.917 bits per heavy atom. The highest BCUT2D eigenvalue weighted by molar-refractivity contribution is 6.13. The number of carbonyl (C=O) groups is 2. The number of ether oxygens (including phenoxy) is 1. The van der Waals surface area contributed by atoms with Crippen molar-refractivity contribution in [2.75, 3.05) is 12.4 Å². The monoisotopic (exact) mass is 319 g/mol. The van der Waals surface area contributed by atoms with Gasteiger partial charge in [-0.25, -0.2) is 0 Å². The van der Waals surface area contributed by atoms with Gasteiger partial charge in [0.2, 0.25) is 0 Å². The smallest absolute Gasteiger partial charge is 0.310 e. The number of amides is 1. The number of rotatable bonds is 4. The van der Waals surface area contributed by atoms with E-state index >= 15 is 0 Å². The van der Waals surface area contributed by atoms with Crippen molar-refractivity contribution in [2.24, 2.45) is 0 Å². The molecule has 0 spiro atoms. The Labute approximate surface area is 140 Å². The second kappa shape index (κ2) is 6.96. The van der Waals surface area contributed by atoms with Gasteiger partial charge in [0.1, 0.15) is 0 Å². The van der Waals surface area contributed by atoms with E-state index in [0.717, 1.165) is 16.3 Å². The molecule has 0 saturated carbocycles. The molecule has 120 valence electrons. The number of hydrogen-bond donors (Lipinski definition) is 1. The molecule has 1 amide bonds. The van der Waals surface area contributed by atoms with Crippen LogP contribution in [0.5, 0.6) is 0 Å². The van der Waals surface area contributed by atoms with Crippen molar-refractivity contribution in [3.8, 4) is 0 Å². The zero-order valence-corrected chi connectivity index (χ0v) is 13.3. The largest absolute Gasteiger partial charge is 0.469 e. The Kier molecular flexibility index (Phi) is 4.57. The summed E-state index contributed by atoms with van der Waals surface area (Å²) in [5, 5.41) is 4.80. The van der Waals surface area contributed by atoms with Crippen LogP contribution < -0.4 is 5.32 Å². The molecule has 0 fully saturated rings. The number of benzene rings is 3. The second-order valence-electron chi connectivity index (χ2n) is 5.39. The Bertz CT molecular complexity index is 897. The van der Waals surface area contributed by atoms with E-state index in [9.17, 15) is 9.59 Å². The number of nitrogens with one attached hydrogen (secondary N) is 1. The van der Waals surface area contributed by atoms with Crippen molar-refractivity contribution >= 4 is 28.3 Å². The van der Waals surface area contributed by atoms with Crippen LogP contribution in [0.1, 0.15) is 15.9 Å². The molecule has 0 aliphatic rings. The van der Waals surface area contributed by atoms with Crippen LogP contribution in [-0.4, -0.2) is 19.0 Å². The summed E-state index contributed by atoms with van der Waals surface area (Å²) in [6, 6.07) is 20.6. The summed E-state index contributed by atoms with van der Waals surface area (Å²) in [6.07, 6.45) is 0.114. The normalized spacial score (nSPS) is 10.4. The molecule has 4 nitrogen and oxygen atoms in total. The summed E-state index contributed by atoms with van der Waals surface area (Å²) in [7, 11) is 1.35. The van der Waals surface area contributed by atoms with Gasteiger partial charge in [-0.3, -0.25) is 9.59 Å². The molecule has 0 aliphatic carbocycles. The van der Waals surface area contributed by atoms with Gasteiger partial charge >= 0.3 is 5.97 Å². The highest BCUT2D eigenvalue weighted by Crippen LogP contribution is 2.21. The average Bonchev–Trinajstić information content (AvgIpc) is 2.62. The third kappa shape index (κ3) is 3.27. The SMILES string of the molecule is COC(=O)Cc1ccccc1NC(=O)c1cccc2ccccc12. The maximum absolute atomic E-state index is 12.7. The maximum atomic E-state index is 12.7. The average molecular weight is 319 g/mol. The van der Waals surface area contributed by atoms with E-state index in [-0.39, 0.29) is 18.3 Å². The standard InChI is InChI=1S/C20H17NO3/c1-24-19(22)13-15-8-3-5-12-18(15)21-20(23)17-11-6-9-14-7-2-4-10-16(14)17/h2-12H,13H2,1H3,(H,21,23). The van der Waals surface area contributed by atoms with Crippen molar-refractivity contribution in [3.63, 3.8) is 0 Å². The highest BCUT2D eigenvalue weighted by Gasteiger charge is 2.13. The van der Waals surface area contributed by atoms with Crippen molar-refractivity contribution < 1.29 is 14.3 Å². The molecular weight excluding hydrogens is 302 g/mol. The van der Waals surface area contributed by atoms with Crippen LogP contribution in [-0.2, 0) is 16.0 Å². The van der Waals surface area contributed by atoms with Crippen LogP contribution in [0.4, 0.5) is 5.69 Å². The lowest BCUT2D eigenvalue weighted by Crippen LogP contribution is -2.15. The first kappa shape index (κ1) is 15.7. The van der Waals surface area contributed by atoms with E-state index in [4.69, 9.17) is 4.74 Å². The van der Waals surface area contributed by atoms with Crippen molar-refractivity contribution in [2.45, 2.75) is 6.42 Å². The fourth-order valence-electron chi connectivity index (χ4n) is 2.64. The molecule has 1 N–H and O–H groups in total. The molecule has 0 atom stereocenters. The Morgan fingerprint density at radius 2 is 1.62 bits per heavy atom. The third-order valence-electron chi connectivity index (χ3n) is 3.86. The van der Waals surface area contributed by atoms with Crippen LogP contribution in [0.3, 0.4) is 0 Å². The predicted octanol–water partition coefficient (Wildman–Crippen LogP) is 3.81. The third-order valence-corrected chi connectivity index (χ3v) is 3.86. The quantitative estimate of drug-likeness (QED) is 0.744. The molecule has 24 heavy (non-hydrogen) atoms. The first-order chi connectivity index (χ1) is 11.7. The van der Waals surface area contributed by atoms with Gasteiger partial charge in [-0.1, -0.05) is 54.6 Å². The fraction of sp³-hybridized carbons (Fsp3) is 0.100. The maximum Gasteiger partial charge on any atom is 0.310 e. The molecule has 0 heterocycles. The zero-order valence-electron chi connectivity index (χ0n) is 13.3. The highest BCUT2D eigenvalue weighted by atomic mass is 16.5. The van der Waals surface area contributed by atoms with E-state index in [2.05, 4.69) is 5.32 Å². The lowest BCUT2D eigenvalue weighted by Gasteiger charge is -2.11. The summed E-state index contributed by atoms with van der Waals surface area (Å²) < 4.78 is 4.70. The molecular formula is C20H17NO3. The molecule has 3 aromatic rings. The Morgan fingerprint density at radius 3 is 2.46 bits per heavy atom. The molecule has 0 saturated heterocycles. The minimum absolute atomic E-state index is 0.114. The number of fused-ring (bicyclic) bond motifs is 1. The van der Waals surface area contributed by atoms with Gasteiger partial charge in [-0.15, -0.1) is 0 Å². The predicted molar refractivity (Wildman–Crippen MR) is 94.1 cm³/mol. The van der Waals surface area contributed by atoms with Crippen LogP contribution in [0.25, 0.3) is 10.8 Å². The summed E-state index contributed by atoms with van der Waals surface area (Å²) in [4.78, 5) is 24.2. The number of para-hydroxylation sites is 1. The van der Waals surface area contributed by atoms with Crippen LogP contribution in [0.15, 0.2) is 66.7 Å². The van der Waals surface area contributed by atoms with E-state index in [1.54, 1.807) is 18.2 Å². The molecule has 4 heteroatoms. The van der Waals surface area contributed by atoms with Gasteiger partial charge < -0.3 is 10.1 Å². The number of esters is 1. The summed E-state index contributed by atoms with van der Waals surface area (Å²) in [6.45, 7) is 0. The van der Waals surface area contributed by atoms with Crippen molar-refractivity contribution in [1.29, 1.82) is 0 Å². The minimum Gasteiger partial charge on any atom is -0.469 e. The van der Waals surface area contributed by atoms with Gasteiger partial charge in [0, 0.05) is 11.3 Å². The topological polar surface area (TPSA) is 55.4 Å². The Balaban J connectivity index is 1.91. The zero-order chi connectivity index (χ0) is 16.9. The second-order valence-corrected chi connectivity index (χ2v) is 5.39. The fourth-order valence-corrected chi connectivity index (χ4v) is 2.64. The molecule has 0 bridgehead atoms. The Hall–Kier alpha value is -3.14.